The number of halogens is 1. The van der Waals surface area contributed by atoms with Crippen molar-refractivity contribution in [2.24, 2.45) is 5.73 Å². The van der Waals surface area contributed by atoms with Gasteiger partial charge in [-0.25, -0.2) is 0 Å². The predicted molar refractivity (Wildman–Crippen MR) is 93.5 cm³/mol. The van der Waals surface area contributed by atoms with Crippen LogP contribution in [-0.4, -0.2) is 6.04 Å². The fourth-order valence-corrected chi connectivity index (χ4v) is 3.52. The fourth-order valence-electron chi connectivity index (χ4n) is 2.15. The second-order valence-electron chi connectivity index (χ2n) is 5.45. The topological polar surface area (TPSA) is 26.0 Å². The van der Waals surface area contributed by atoms with E-state index in [2.05, 4.69) is 45.0 Å². The van der Waals surface area contributed by atoms with Crippen molar-refractivity contribution < 1.29 is 0 Å². The Balaban J connectivity index is 2.31. The third-order valence-corrected chi connectivity index (χ3v) is 5.36. The summed E-state index contributed by atoms with van der Waals surface area (Å²) in [7, 11) is 0. The molecule has 0 heterocycles. The maximum absolute atomic E-state index is 6.42. The molecule has 0 saturated carbocycles. The van der Waals surface area contributed by atoms with Gasteiger partial charge in [-0.2, -0.15) is 0 Å². The van der Waals surface area contributed by atoms with E-state index in [4.69, 9.17) is 17.3 Å². The first-order valence-corrected chi connectivity index (χ1v) is 8.48. The molecule has 0 aliphatic carbocycles. The number of hydrogen-bond acceptors (Lipinski definition) is 2. The highest BCUT2D eigenvalue weighted by molar-refractivity contribution is 7.99. The van der Waals surface area contributed by atoms with Gasteiger partial charge in [0.1, 0.15) is 0 Å². The van der Waals surface area contributed by atoms with Crippen molar-refractivity contribution in [1.82, 2.24) is 0 Å². The van der Waals surface area contributed by atoms with Crippen LogP contribution in [0, 0.1) is 13.8 Å². The summed E-state index contributed by atoms with van der Waals surface area (Å²) in [4.78, 5) is 2.35. The van der Waals surface area contributed by atoms with Crippen molar-refractivity contribution in [3.63, 3.8) is 0 Å². The van der Waals surface area contributed by atoms with Gasteiger partial charge in [0.05, 0.1) is 5.02 Å². The van der Waals surface area contributed by atoms with Gasteiger partial charge in [0.2, 0.25) is 0 Å². The highest BCUT2D eigenvalue weighted by Crippen LogP contribution is 2.37. The van der Waals surface area contributed by atoms with Crippen molar-refractivity contribution >= 4 is 23.4 Å². The minimum atomic E-state index is 0.183. The van der Waals surface area contributed by atoms with E-state index in [1.54, 1.807) is 11.8 Å². The summed E-state index contributed by atoms with van der Waals surface area (Å²) >= 11 is 8.14. The van der Waals surface area contributed by atoms with Crippen LogP contribution in [0.1, 0.15) is 30.0 Å². The van der Waals surface area contributed by atoms with Gasteiger partial charge in [0, 0.05) is 15.8 Å². The van der Waals surface area contributed by atoms with Crippen LogP contribution < -0.4 is 5.73 Å². The maximum atomic E-state index is 6.42. The molecule has 21 heavy (non-hydrogen) atoms. The van der Waals surface area contributed by atoms with Crippen molar-refractivity contribution in [3.05, 3.63) is 58.1 Å². The molecule has 0 spiro atoms. The Labute approximate surface area is 136 Å². The Bertz CT molecular complexity index is 625. The summed E-state index contributed by atoms with van der Waals surface area (Å²) in [6, 6.07) is 12.8. The van der Waals surface area contributed by atoms with Crippen molar-refractivity contribution in [1.29, 1.82) is 0 Å². The minimum absolute atomic E-state index is 0.183. The molecule has 1 nitrogen and oxygen atoms in total. The molecule has 2 rings (SSSR count). The zero-order chi connectivity index (χ0) is 15.4. The van der Waals surface area contributed by atoms with Crippen LogP contribution in [0.15, 0.2) is 46.2 Å². The second-order valence-corrected chi connectivity index (χ2v) is 6.94. The van der Waals surface area contributed by atoms with Gasteiger partial charge in [0.25, 0.3) is 0 Å². The highest BCUT2D eigenvalue weighted by atomic mass is 35.5. The Morgan fingerprint density at radius 1 is 1.14 bits per heavy atom. The number of hydrogen-bond donors (Lipinski definition) is 1. The first-order chi connectivity index (χ1) is 10.0. The average molecular weight is 320 g/mol. The SMILES string of the molecule is CCC(N)Cc1cccc(Cl)c1Sc1ccc(C)c(C)c1. The lowest BCUT2D eigenvalue weighted by Gasteiger charge is -2.15. The summed E-state index contributed by atoms with van der Waals surface area (Å²) in [5.74, 6) is 0. The van der Waals surface area contributed by atoms with Gasteiger partial charge in [-0.15, -0.1) is 0 Å². The van der Waals surface area contributed by atoms with Crippen LogP contribution in [0.25, 0.3) is 0 Å². The van der Waals surface area contributed by atoms with Crippen LogP contribution in [0.2, 0.25) is 5.02 Å². The molecular weight excluding hydrogens is 298 g/mol. The minimum Gasteiger partial charge on any atom is -0.327 e. The van der Waals surface area contributed by atoms with Gasteiger partial charge in [0.15, 0.2) is 0 Å². The number of aryl methyl sites for hydroxylation is 2. The first-order valence-electron chi connectivity index (χ1n) is 7.29. The smallest absolute Gasteiger partial charge is 0.0548 e. The van der Waals surface area contributed by atoms with E-state index in [-0.39, 0.29) is 6.04 Å². The molecule has 1 unspecified atom stereocenters. The van der Waals surface area contributed by atoms with Crippen molar-refractivity contribution in [2.75, 3.05) is 0 Å². The summed E-state index contributed by atoms with van der Waals surface area (Å²) in [6.07, 6.45) is 1.84. The third-order valence-electron chi connectivity index (χ3n) is 3.75. The molecule has 1 atom stereocenters. The lowest BCUT2D eigenvalue weighted by Crippen LogP contribution is -2.21. The van der Waals surface area contributed by atoms with E-state index in [1.807, 2.05) is 12.1 Å². The average Bonchev–Trinajstić information content (AvgIpc) is 2.46. The molecular formula is C18H22ClNS. The zero-order valence-electron chi connectivity index (χ0n) is 12.8. The van der Waals surface area contributed by atoms with Gasteiger partial charge in [-0.1, -0.05) is 48.5 Å². The number of nitrogens with two attached hydrogens (primary N) is 1. The lowest BCUT2D eigenvalue weighted by molar-refractivity contribution is 0.641. The second kappa shape index (κ2) is 7.35. The molecule has 0 fully saturated rings. The molecule has 3 heteroatoms. The van der Waals surface area contributed by atoms with Crippen molar-refractivity contribution in [3.8, 4) is 0 Å². The fraction of sp³-hybridized carbons (Fsp3) is 0.333. The van der Waals surface area contributed by atoms with E-state index >= 15 is 0 Å². The number of benzene rings is 2. The Hall–Kier alpha value is -0.960. The molecule has 0 aliphatic rings. The molecule has 0 radical (unpaired) electrons. The summed E-state index contributed by atoms with van der Waals surface area (Å²) < 4.78 is 0. The molecule has 0 bridgehead atoms. The Kier molecular flexibility index (Phi) is 5.74. The highest BCUT2D eigenvalue weighted by Gasteiger charge is 2.12. The van der Waals surface area contributed by atoms with E-state index in [1.165, 1.54) is 21.6 Å². The molecule has 0 saturated heterocycles. The lowest BCUT2D eigenvalue weighted by atomic mass is 10.0. The van der Waals surface area contributed by atoms with Crippen molar-refractivity contribution in [2.45, 2.75) is 49.4 Å². The van der Waals surface area contributed by atoms with Crippen LogP contribution in [0.5, 0.6) is 0 Å². The molecule has 0 amide bonds. The summed E-state index contributed by atoms with van der Waals surface area (Å²) in [5.41, 5.74) is 9.96. The van der Waals surface area contributed by atoms with Crippen LogP contribution in [0.3, 0.4) is 0 Å². The Morgan fingerprint density at radius 3 is 2.57 bits per heavy atom. The van der Waals surface area contributed by atoms with E-state index in [0.717, 1.165) is 22.8 Å². The normalized spacial score (nSPS) is 12.4. The molecule has 2 aromatic rings. The zero-order valence-corrected chi connectivity index (χ0v) is 14.4. The van der Waals surface area contributed by atoms with E-state index < -0.39 is 0 Å². The molecule has 2 N–H and O–H groups in total. The van der Waals surface area contributed by atoms with Crippen LogP contribution >= 0.6 is 23.4 Å². The molecule has 112 valence electrons. The van der Waals surface area contributed by atoms with Gasteiger partial charge >= 0.3 is 0 Å². The first kappa shape index (κ1) is 16.4. The van der Waals surface area contributed by atoms with Gasteiger partial charge in [-0.3, -0.25) is 0 Å². The van der Waals surface area contributed by atoms with E-state index in [9.17, 15) is 0 Å². The van der Waals surface area contributed by atoms with Crippen LogP contribution in [0.4, 0.5) is 0 Å². The monoisotopic (exact) mass is 319 g/mol. The Morgan fingerprint density at radius 2 is 1.90 bits per heavy atom. The summed E-state index contributed by atoms with van der Waals surface area (Å²) in [5, 5.41) is 0.805. The largest absolute Gasteiger partial charge is 0.327 e. The van der Waals surface area contributed by atoms with Gasteiger partial charge in [-0.05, 0) is 61.6 Å². The molecule has 0 aromatic heterocycles. The third kappa shape index (κ3) is 4.26. The van der Waals surface area contributed by atoms with Gasteiger partial charge < -0.3 is 5.73 Å². The quantitative estimate of drug-likeness (QED) is 0.799. The standard InChI is InChI=1S/C18H22ClNS/c1-4-15(20)11-14-6-5-7-17(19)18(14)21-16-9-8-12(2)13(3)10-16/h5-10,15H,4,11,20H2,1-3H3. The maximum Gasteiger partial charge on any atom is 0.0548 e. The summed E-state index contributed by atoms with van der Waals surface area (Å²) in [6.45, 7) is 6.39. The molecule has 2 aromatic carbocycles. The van der Waals surface area contributed by atoms with Crippen LogP contribution in [-0.2, 0) is 6.42 Å². The predicted octanol–water partition coefficient (Wildman–Crippen LogP) is 5.39. The number of rotatable bonds is 5. The molecule has 0 aliphatic heterocycles. The van der Waals surface area contributed by atoms with E-state index in [0.29, 0.717) is 0 Å².